The molecule has 0 heterocycles. The van der Waals surface area contributed by atoms with Gasteiger partial charge in [0.1, 0.15) is 0 Å². The lowest BCUT2D eigenvalue weighted by atomic mass is 10.3. The molecule has 0 bridgehead atoms. The van der Waals surface area contributed by atoms with E-state index < -0.39 is 26.4 Å². The highest BCUT2D eigenvalue weighted by atomic mass is 32.2. The summed E-state index contributed by atoms with van der Waals surface area (Å²) in [6.45, 7) is -0.225. The van der Waals surface area contributed by atoms with Crippen LogP contribution in [-0.4, -0.2) is 26.6 Å². The summed E-state index contributed by atoms with van der Waals surface area (Å²) < 4.78 is 46.5. The third kappa shape index (κ3) is 3.21. The fourth-order valence-electron chi connectivity index (χ4n) is 1.04. The second-order valence-electron chi connectivity index (χ2n) is 3.08. The topological polar surface area (TPSA) is 89.3 Å². The molecular formula is C9H10F2N2O3S. The van der Waals surface area contributed by atoms with Gasteiger partial charge in [0.2, 0.25) is 15.7 Å². The molecule has 1 amide bonds. The van der Waals surface area contributed by atoms with Crippen molar-refractivity contribution in [2.75, 3.05) is 11.9 Å². The van der Waals surface area contributed by atoms with Crippen molar-refractivity contribution in [2.45, 2.75) is 10.7 Å². The van der Waals surface area contributed by atoms with Crippen molar-refractivity contribution < 1.29 is 22.0 Å². The number of halogens is 2. The maximum atomic E-state index is 12.2. The number of rotatable bonds is 4. The predicted molar refractivity (Wildman–Crippen MR) is 57.3 cm³/mol. The Balaban J connectivity index is 2.93. The first kappa shape index (κ1) is 13.5. The molecule has 0 atom stereocenters. The second-order valence-corrected chi connectivity index (χ2v) is 5.00. The zero-order valence-electron chi connectivity index (χ0n) is 8.56. The number of hydrogen-bond donors (Lipinski definition) is 2. The van der Waals surface area contributed by atoms with Crippen molar-refractivity contribution in [2.24, 2.45) is 5.73 Å². The number of nitrogens with two attached hydrogens (primary N) is 1. The monoisotopic (exact) mass is 264 g/mol. The highest BCUT2D eigenvalue weighted by Crippen LogP contribution is 2.20. The normalized spacial score (nSPS) is 11.5. The highest BCUT2D eigenvalue weighted by Gasteiger charge is 2.26. The Labute approximate surface area is 96.5 Å². The van der Waals surface area contributed by atoms with Crippen LogP contribution in [0.1, 0.15) is 0 Å². The first-order chi connectivity index (χ1) is 7.87. The van der Waals surface area contributed by atoms with Crippen LogP contribution in [0.4, 0.5) is 14.5 Å². The van der Waals surface area contributed by atoms with Gasteiger partial charge < -0.3 is 11.1 Å². The van der Waals surface area contributed by atoms with Crippen molar-refractivity contribution >= 4 is 21.4 Å². The number of carbonyl (C=O) groups is 1. The molecule has 3 N–H and O–H groups in total. The molecule has 17 heavy (non-hydrogen) atoms. The maximum absolute atomic E-state index is 12.2. The van der Waals surface area contributed by atoms with Gasteiger partial charge in [-0.05, 0) is 24.3 Å². The fourth-order valence-corrected chi connectivity index (χ4v) is 1.76. The van der Waals surface area contributed by atoms with E-state index in [0.29, 0.717) is 0 Å². The summed E-state index contributed by atoms with van der Waals surface area (Å²) >= 11 is 0. The molecule has 1 aromatic carbocycles. The lowest BCUT2D eigenvalue weighted by molar-refractivity contribution is -0.114. The van der Waals surface area contributed by atoms with Gasteiger partial charge in [-0.1, -0.05) is 0 Å². The van der Waals surface area contributed by atoms with Crippen molar-refractivity contribution in [1.82, 2.24) is 0 Å². The van der Waals surface area contributed by atoms with E-state index in [1.165, 1.54) is 12.1 Å². The molecule has 0 aliphatic rings. The van der Waals surface area contributed by atoms with Crippen molar-refractivity contribution in [3.05, 3.63) is 24.3 Å². The average molecular weight is 264 g/mol. The van der Waals surface area contributed by atoms with Gasteiger partial charge in [-0.2, -0.15) is 8.78 Å². The fraction of sp³-hybridized carbons (Fsp3) is 0.222. The molecule has 5 nitrogen and oxygen atoms in total. The minimum Gasteiger partial charge on any atom is -0.325 e. The van der Waals surface area contributed by atoms with Gasteiger partial charge in [-0.3, -0.25) is 4.79 Å². The molecule has 0 fully saturated rings. The van der Waals surface area contributed by atoms with Crippen LogP contribution in [-0.2, 0) is 14.6 Å². The van der Waals surface area contributed by atoms with E-state index in [1.54, 1.807) is 0 Å². The van der Waals surface area contributed by atoms with Gasteiger partial charge in [0.25, 0.3) is 0 Å². The number of nitrogens with one attached hydrogen (secondary N) is 1. The molecule has 0 saturated carbocycles. The Morgan fingerprint density at radius 2 is 1.82 bits per heavy atom. The van der Waals surface area contributed by atoms with Gasteiger partial charge >= 0.3 is 5.76 Å². The number of amides is 1. The van der Waals surface area contributed by atoms with E-state index in [9.17, 15) is 22.0 Å². The predicted octanol–water partition coefficient (Wildman–Crippen LogP) is 0.580. The van der Waals surface area contributed by atoms with Gasteiger partial charge in [-0.15, -0.1) is 0 Å². The third-order valence-corrected chi connectivity index (χ3v) is 3.28. The summed E-state index contributed by atoms with van der Waals surface area (Å²) in [6, 6.07) is 4.41. The summed E-state index contributed by atoms with van der Waals surface area (Å²) in [7, 11) is -4.60. The average Bonchev–Trinajstić information content (AvgIpc) is 2.29. The van der Waals surface area contributed by atoms with E-state index in [-0.39, 0.29) is 12.2 Å². The summed E-state index contributed by atoms with van der Waals surface area (Å²) in [5.41, 5.74) is 5.34. The SMILES string of the molecule is NCC(=O)Nc1ccc(S(=O)(=O)C(F)F)cc1. The zero-order valence-corrected chi connectivity index (χ0v) is 9.38. The largest absolute Gasteiger partial charge is 0.341 e. The molecule has 0 aliphatic carbocycles. The summed E-state index contributed by atoms with van der Waals surface area (Å²) in [5, 5.41) is 2.35. The Bertz CT molecular complexity index is 499. The Morgan fingerprint density at radius 1 is 1.29 bits per heavy atom. The molecule has 1 aromatic rings. The molecule has 0 saturated heterocycles. The van der Waals surface area contributed by atoms with E-state index in [1.807, 2.05) is 0 Å². The Hall–Kier alpha value is -1.54. The third-order valence-electron chi connectivity index (χ3n) is 1.89. The summed E-state index contributed by atoms with van der Waals surface area (Å²) in [4.78, 5) is 10.4. The molecule has 0 aliphatic heterocycles. The molecule has 0 unspecified atom stereocenters. The number of anilines is 1. The summed E-state index contributed by atoms with van der Waals surface area (Å²) in [5.74, 6) is -3.93. The van der Waals surface area contributed by atoms with Gasteiger partial charge in [0, 0.05) is 5.69 Å². The van der Waals surface area contributed by atoms with Gasteiger partial charge in [0.05, 0.1) is 11.4 Å². The van der Waals surface area contributed by atoms with E-state index in [4.69, 9.17) is 5.73 Å². The van der Waals surface area contributed by atoms with Crippen molar-refractivity contribution in [3.63, 3.8) is 0 Å². The minimum atomic E-state index is -4.60. The van der Waals surface area contributed by atoms with E-state index in [0.717, 1.165) is 12.1 Å². The molecule has 8 heteroatoms. The first-order valence-electron chi connectivity index (χ1n) is 4.50. The van der Waals surface area contributed by atoms with Crippen LogP contribution in [0, 0.1) is 0 Å². The maximum Gasteiger partial charge on any atom is 0.341 e. The molecule has 0 radical (unpaired) electrons. The Morgan fingerprint density at radius 3 is 2.24 bits per heavy atom. The van der Waals surface area contributed by atoms with Crippen LogP contribution in [0.15, 0.2) is 29.2 Å². The van der Waals surface area contributed by atoms with Crippen LogP contribution < -0.4 is 11.1 Å². The molecule has 1 rings (SSSR count). The zero-order chi connectivity index (χ0) is 13.1. The number of hydrogen-bond acceptors (Lipinski definition) is 4. The lowest BCUT2D eigenvalue weighted by Gasteiger charge is -2.05. The van der Waals surface area contributed by atoms with Crippen LogP contribution >= 0.6 is 0 Å². The molecule has 94 valence electrons. The van der Waals surface area contributed by atoms with Gasteiger partial charge in [0.15, 0.2) is 0 Å². The molecule has 0 aromatic heterocycles. The smallest absolute Gasteiger partial charge is 0.325 e. The number of alkyl halides is 2. The second kappa shape index (κ2) is 5.19. The van der Waals surface area contributed by atoms with Gasteiger partial charge in [-0.25, -0.2) is 8.42 Å². The molecular weight excluding hydrogens is 254 g/mol. The van der Waals surface area contributed by atoms with E-state index in [2.05, 4.69) is 5.32 Å². The lowest BCUT2D eigenvalue weighted by Crippen LogP contribution is -2.21. The van der Waals surface area contributed by atoms with Crippen molar-refractivity contribution in [3.8, 4) is 0 Å². The first-order valence-corrected chi connectivity index (χ1v) is 6.04. The standard InChI is InChI=1S/C9H10F2N2O3S/c10-9(11)17(15,16)7-3-1-6(2-4-7)13-8(14)5-12/h1-4,9H,5,12H2,(H,13,14). The van der Waals surface area contributed by atoms with Crippen LogP contribution in [0.5, 0.6) is 0 Å². The Kier molecular flexibility index (Phi) is 4.13. The quantitative estimate of drug-likeness (QED) is 0.832. The molecule has 0 spiro atoms. The number of carbonyl (C=O) groups excluding carboxylic acids is 1. The summed E-state index contributed by atoms with van der Waals surface area (Å²) in [6.07, 6.45) is 0. The van der Waals surface area contributed by atoms with Crippen LogP contribution in [0.25, 0.3) is 0 Å². The number of benzene rings is 1. The minimum absolute atomic E-state index is 0.225. The van der Waals surface area contributed by atoms with Crippen LogP contribution in [0.2, 0.25) is 0 Å². The number of sulfone groups is 1. The highest BCUT2D eigenvalue weighted by molar-refractivity contribution is 7.91. The van der Waals surface area contributed by atoms with E-state index >= 15 is 0 Å². The van der Waals surface area contributed by atoms with Crippen molar-refractivity contribution in [1.29, 1.82) is 0 Å². The van der Waals surface area contributed by atoms with Crippen LogP contribution in [0.3, 0.4) is 0 Å².